The van der Waals surface area contributed by atoms with E-state index in [9.17, 15) is 0 Å². The van der Waals surface area contributed by atoms with Gasteiger partial charge in [-0.25, -0.2) is 0 Å². The maximum absolute atomic E-state index is 5.41. The minimum absolute atomic E-state index is 0.857. The molecule has 4 aromatic carbocycles. The highest BCUT2D eigenvalue weighted by Gasteiger charge is 2.08. The number of rotatable bonds is 4. The third-order valence-corrected chi connectivity index (χ3v) is 4.32. The molecule has 4 rings (SSSR count). The minimum Gasteiger partial charge on any atom is -0.497 e. The Morgan fingerprint density at radius 1 is 0.680 bits per heavy atom. The molecule has 2 heteroatoms. The minimum atomic E-state index is 0.857. The topological polar surface area (TPSA) is 21.3 Å². The van der Waals surface area contributed by atoms with Crippen LogP contribution in [-0.4, -0.2) is 7.11 Å². The molecule has 0 atom stereocenters. The van der Waals surface area contributed by atoms with Crippen LogP contribution in [0.5, 0.6) is 5.75 Å². The van der Waals surface area contributed by atoms with Crippen LogP contribution < -0.4 is 10.1 Å². The summed E-state index contributed by atoms with van der Waals surface area (Å²) in [4.78, 5) is 0. The Balaban J connectivity index is 1.89. The van der Waals surface area contributed by atoms with Gasteiger partial charge in [0.2, 0.25) is 0 Å². The molecule has 0 aliphatic rings. The predicted octanol–water partition coefficient (Wildman–Crippen LogP) is 6.26. The third kappa shape index (κ3) is 3.20. The molecular weight excluding hydrogens is 306 g/mol. The van der Waals surface area contributed by atoms with Crippen LogP contribution in [0, 0.1) is 0 Å². The van der Waals surface area contributed by atoms with Gasteiger partial charge in [-0.05, 0) is 52.9 Å². The van der Waals surface area contributed by atoms with Crippen LogP contribution in [-0.2, 0) is 0 Å². The molecule has 0 bridgehead atoms. The number of fused-ring (bicyclic) bond motifs is 1. The molecule has 4 aromatic rings. The summed E-state index contributed by atoms with van der Waals surface area (Å²) in [6.07, 6.45) is 0. The fourth-order valence-electron chi connectivity index (χ4n) is 3.04. The quantitative estimate of drug-likeness (QED) is 0.478. The lowest BCUT2D eigenvalue weighted by Gasteiger charge is -2.14. The summed E-state index contributed by atoms with van der Waals surface area (Å²) in [6.45, 7) is 0. The van der Waals surface area contributed by atoms with E-state index in [4.69, 9.17) is 4.74 Å². The molecule has 0 heterocycles. The number of nitrogens with one attached hydrogen (secondary N) is 1. The van der Waals surface area contributed by atoms with Gasteiger partial charge < -0.3 is 10.1 Å². The lowest BCUT2D eigenvalue weighted by molar-refractivity contribution is 0.415. The van der Waals surface area contributed by atoms with Crippen LogP contribution in [0.4, 0.5) is 11.4 Å². The van der Waals surface area contributed by atoms with E-state index in [1.54, 1.807) is 7.11 Å². The van der Waals surface area contributed by atoms with Crippen molar-refractivity contribution in [3.8, 4) is 16.9 Å². The van der Waals surface area contributed by atoms with Crippen LogP contribution in [0.3, 0.4) is 0 Å². The van der Waals surface area contributed by atoms with Gasteiger partial charge >= 0.3 is 0 Å². The number of para-hydroxylation sites is 1. The van der Waals surface area contributed by atoms with Gasteiger partial charge in [0.05, 0.1) is 7.11 Å². The molecule has 0 saturated heterocycles. The van der Waals surface area contributed by atoms with E-state index < -0.39 is 0 Å². The van der Waals surface area contributed by atoms with Crippen LogP contribution in [0.25, 0.3) is 21.9 Å². The second-order valence-electron chi connectivity index (χ2n) is 5.97. The number of benzene rings is 4. The van der Waals surface area contributed by atoms with Crippen molar-refractivity contribution in [1.29, 1.82) is 0 Å². The molecule has 0 saturated carbocycles. The number of hydrogen-bond acceptors (Lipinski definition) is 2. The van der Waals surface area contributed by atoms with Gasteiger partial charge in [0, 0.05) is 16.8 Å². The van der Waals surface area contributed by atoms with Crippen LogP contribution in [0.1, 0.15) is 0 Å². The lowest BCUT2D eigenvalue weighted by Crippen LogP contribution is -1.93. The highest BCUT2D eigenvalue weighted by Crippen LogP contribution is 2.34. The van der Waals surface area contributed by atoms with Crippen LogP contribution in [0.15, 0.2) is 91.0 Å². The van der Waals surface area contributed by atoms with Crippen molar-refractivity contribution in [2.45, 2.75) is 0 Å². The zero-order valence-corrected chi connectivity index (χ0v) is 14.1. The molecule has 0 amide bonds. The molecule has 0 fully saturated rings. The molecule has 0 aromatic heterocycles. The summed E-state index contributed by atoms with van der Waals surface area (Å²) in [5, 5.41) is 5.88. The normalized spacial score (nSPS) is 10.6. The van der Waals surface area contributed by atoms with E-state index in [1.165, 1.54) is 16.5 Å². The monoisotopic (exact) mass is 325 g/mol. The zero-order valence-electron chi connectivity index (χ0n) is 14.1. The van der Waals surface area contributed by atoms with E-state index in [0.29, 0.717) is 0 Å². The Morgan fingerprint density at radius 3 is 2.12 bits per heavy atom. The number of anilines is 2. The van der Waals surface area contributed by atoms with Crippen molar-refractivity contribution >= 4 is 22.1 Å². The van der Waals surface area contributed by atoms with E-state index in [1.807, 2.05) is 30.3 Å². The predicted molar refractivity (Wildman–Crippen MR) is 106 cm³/mol. The second kappa shape index (κ2) is 6.70. The number of methoxy groups -OCH3 is 1. The van der Waals surface area contributed by atoms with E-state index in [-0.39, 0.29) is 0 Å². The summed E-state index contributed by atoms with van der Waals surface area (Å²) in [7, 11) is 1.70. The van der Waals surface area contributed by atoms with Gasteiger partial charge in [-0.1, -0.05) is 54.6 Å². The molecule has 0 aliphatic heterocycles. The smallest absolute Gasteiger partial charge is 0.119 e. The van der Waals surface area contributed by atoms with Gasteiger partial charge in [-0.3, -0.25) is 0 Å². The summed E-state index contributed by atoms with van der Waals surface area (Å²) in [6, 6.07) is 31.3. The fourth-order valence-corrected chi connectivity index (χ4v) is 3.04. The van der Waals surface area contributed by atoms with Crippen LogP contribution in [0.2, 0.25) is 0 Å². The maximum Gasteiger partial charge on any atom is 0.119 e. The molecule has 0 spiro atoms. The van der Waals surface area contributed by atoms with Gasteiger partial charge in [-0.15, -0.1) is 0 Å². The van der Waals surface area contributed by atoms with E-state index >= 15 is 0 Å². The van der Waals surface area contributed by atoms with Crippen molar-refractivity contribution in [3.63, 3.8) is 0 Å². The number of hydrogen-bond donors (Lipinski definition) is 1. The van der Waals surface area contributed by atoms with E-state index in [0.717, 1.165) is 22.5 Å². The zero-order chi connectivity index (χ0) is 17.1. The SMILES string of the molecule is COc1ccc2cc(-c3ccccc3)cc(Nc3ccccc3)c2c1. The maximum atomic E-state index is 5.41. The van der Waals surface area contributed by atoms with Gasteiger partial charge in [0.1, 0.15) is 5.75 Å². The fraction of sp³-hybridized carbons (Fsp3) is 0.0435. The molecule has 1 N–H and O–H groups in total. The summed E-state index contributed by atoms with van der Waals surface area (Å²) < 4.78 is 5.41. The highest BCUT2D eigenvalue weighted by molar-refractivity contribution is 5.99. The molecule has 2 nitrogen and oxygen atoms in total. The molecule has 122 valence electrons. The van der Waals surface area contributed by atoms with Crippen molar-refractivity contribution in [3.05, 3.63) is 91.0 Å². The molecule has 0 aliphatic carbocycles. The van der Waals surface area contributed by atoms with Crippen molar-refractivity contribution in [2.24, 2.45) is 0 Å². The first-order valence-electron chi connectivity index (χ1n) is 8.33. The average molecular weight is 325 g/mol. The Morgan fingerprint density at radius 2 is 1.40 bits per heavy atom. The number of ether oxygens (including phenoxy) is 1. The molecule has 25 heavy (non-hydrogen) atoms. The summed E-state index contributed by atoms with van der Waals surface area (Å²) >= 11 is 0. The van der Waals surface area contributed by atoms with Gasteiger partial charge in [-0.2, -0.15) is 0 Å². The second-order valence-corrected chi connectivity index (χ2v) is 5.97. The first-order valence-corrected chi connectivity index (χ1v) is 8.33. The summed E-state index contributed by atoms with van der Waals surface area (Å²) in [5.41, 5.74) is 4.53. The van der Waals surface area contributed by atoms with Crippen molar-refractivity contribution in [1.82, 2.24) is 0 Å². The summed E-state index contributed by atoms with van der Waals surface area (Å²) in [5.74, 6) is 0.857. The Kier molecular flexibility index (Phi) is 4.09. The van der Waals surface area contributed by atoms with Crippen molar-refractivity contribution in [2.75, 3.05) is 12.4 Å². The Bertz CT molecular complexity index is 994. The highest BCUT2D eigenvalue weighted by atomic mass is 16.5. The van der Waals surface area contributed by atoms with Crippen molar-refractivity contribution < 1.29 is 4.74 Å². The van der Waals surface area contributed by atoms with E-state index in [2.05, 4.69) is 66.0 Å². The lowest BCUT2D eigenvalue weighted by atomic mass is 9.99. The molecule has 0 radical (unpaired) electrons. The third-order valence-electron chi connectivity index (χ3n) is 4.32. The molecule has 0 unspecified atom stereocenters. The van der Waals surface area contributed by atoms with Gasteiger partial charge in [0.15, 0.2) is 0 Å². The molecular formula is C23H19NO. The largest absolute Gasteiger partial charge is 0.497 e. The van der Waals surface area contributed by atoms with Crippen LogP contribution >= 0.6 is 0 Å². The first-order chi connectivity index (χ1) is 12.3. The Hall–Kier alpha value is -3.26. The average Bonchev–Trinajstić information content (AvgIpc) is 2.69. The first kappa shape index (κ1) is 15.3. The standard InChI is InChI=1S/C23H19NO/c1-25-21-13-12-18-14-19(17-8-4-2-5-9-17)15-23(22(18)16-21)24-20-10-6-3-7-11-20/h2-16,24H,1H3. The Labute approximate surface area is 147 Å². The van der Waals surface area contributed by atoms with Gasteiger partial charge in [0.25, 0.3) is 0 Å².